The van der Waals surface area contributed by atoms with Gasteiger partial charge in [-0.05, 0) is 68.7 Å². The van der Waals surface area contributed by atoms with Crippen LogP contribution in [0.15, 0.2) is 97.4 Å². The van der Waals surface area contributed by atoms with Crippen LogP contribution >= 0.6 is 0 Å². The molecule has 2 nitrogen and oxygen atoms in total. The molecule has 0 radical (unpaired) electrons. The molecule has 0 aromatic heterocycles. The van der Waals surface area contributed by atoms with Crippen molar-refractivity contribution in [3.05, 3.63) is 108 Å². The van der Waals surface area contributed by atoms with Gasteiger partial charge in [0.25, 0.3) is 0 Å². The average Bonchev–Trinajstić information content (AvgIpc) is 2.74. The van der Waals surface area contributed by atoms with E-state index in [-0.39, 0.29) is 5.78 Å². The van der Waals surface area contributed by atoms with Crippen molar-refractivity contribution in [2.75, 3.05) is 0 Å². The summed E-state index contributed by atoms with van der Waals surface area (Å²) < 4.78 is 0. The molecule has 0 spiro atoms. The molecule has 2 aromatic carbocycles. The molecule has 2 aromatic rings. The number of ketones is 1. The van der Waals surface area contributed by atoms with Crippen molar-refractivity contribution >= 4 is 5.78 Å². The van der Waals surface area contributed by atoms with Gasteiger partial charge in [-0.15, -0.1) is 0 Å². The molecule has 2 heteroatoms. The first kappa shape index (κ1) is 20.9. The van der Waals surface area contributed by atoms with E-state index in [1.165, 1.54) is 11.1 Å². The van der Waals surface area contributed by atoms with E-state index in [9.17, 15) is 4.79 Å². The van der Waals surface area contributed by atoms with Crippen molar-refractivity contribution in [3.63, 3.8) is 0 Å². The van der Waals surface area contributed by atoms with Crippen LogP contribution in [0, 0.1) is 0 Å². The highest BCUT2D eigenvalue weighted by Gasteiger charge is 2.40. The number of Topliss-reactive ketones (excluding diaryl/α,β-unsaturated/α-hetero) is 1. The highest BCUT2D eigenvalue weighted by atomic mass is 16.1. The molecule has 0 fully saturated rings. The van der Waals surface area contributed by atoms with Crippen molar-refractivity contribution in [3.8, 4) is 0 Å². The monoisotopic (exact) mass is 385 g/mol. The molecule has 0 amide bonds. The number of carbonyl (C=O) groups excluding carboxylic acids is 1. The Bertz CT molecular complexity index is 818. The third-order valence-electron chi connectivity index (χ3n) is 5.86. The second-order valence-electron chi connectivity index (χ2n) is 7.83. The van der Waals surface area contributed by atoms with Crippen molar-refractivity contribution in [1.82, 2.24) is 4.90 Å². The molecule has 0 aliphatic carbocycles. The molecule has 0 saturated carbocycles. The number of allylic oxidation sites excluding steroid dienone is 3. The van der Waals surface area contributed by atoms with Crippen LogP contribution in [0.4, 0.5) is 0 Å². The third-order valence-corrected chi connectivity index (χ3v) is 5.86. The Balaban J connectivity index is 1.75. The van der Waals surface area contributed by atoms with E-state index < -0.39 is 5.54 Å². The minimum absolute atomic E-state index is 0.222. The maximum absolute atomic E-state index is 13.1. The van der Waals surface area contributed by atoms with E-state index in [2.05, 4.69) is 60.0 Å². The fourth-order valence-electron chi connectivity index (χ4n) is 4.24. The van der Waals surface area contributed by atoms with E-state index >= 15 is 0 Å². The zero-order valence-electron chi connectivity index (χ0n) is 17.4. The summed E-state index contributed by atoms with van der Waals surface area (Å²) >= 11 is 0. The normalized spacial score (nSPS) is 13.7. The molecule has 0 atom stereocenters. The molecule has 1 aliphatic rings. The molecule has 3 rings (SSSR count). The van der Waals surface area contributed by atoms with Crippen molar-refractivity contribution in [2.24, 2.45) is 0 Å². The van der Waals surface area contributed by atoms with E-state index in [4.69, 9.17) is 0 Å². The van der Waals surface area contributed by atoms with Gasteiger partial charge < -0.3 is 4.90 Å². The quantitative estimate of drug-likeness (QED) is 0.481. The molecular weight excluding hydrogens is 354 g/mol. The highest BCUT2D eigenvalue weighted by Crippen LogP contribution is 2.34. The summed E-state index contributed by atoms with van der Waals surface area (Å²) in [4.78, 5) is 15.2. The van der Waals surface area contributed by atoms with Crippen LogP contribution in [0.3, 0.4) is 0 Å². The average molecular weight is 386 g/mol. The van der Waals surface area contributed by atoms with Crippen molar-refractivity contribution < 1.29 is 4.79 Å². The predicted molar refractivity (Wildman–Crippen MR) is 121 cm³/mol. The smallest absolute Gasteiger partial charge is 0.155 e. The van der Waals surface area contributed by atoms with E-state index in [0.29, 0.717) is 0 Å². The SMILES string of the molecule is C=C1C=CC=CN1C(CCCc1ccccc1)(CCCc1ccccc1)C(C)=O. The topological polar surface area (TPSA) is 20.3 Å². The maximum atomic E-state index is 13.1. The molecule has 29 heavy (non-hydrogen) atoms. The minimum Gasteiger partial charge on any atom is -0.335 e. The first-order valence-corrected chi connectivity index (χ1v) is 10.5. The summed E-state index contributed by atoms with van der Waals surface area (Å²) in [6, 6.07) is 21.0. The molecular formula is C27H31NO. The lowest BCUT2D eigenvalue weighted by molar-refractivity contribution is -0.127. The lowest BCUT2D eigenvalue weighted by Gasteiger charge is -2.43. The van der Waals surface area contributed by atoms with Crippen LogP contribution in [-0.4, -0.2) is 16.2 Å². The fraction of sp³-hybridized carbons (Fsp3) is 0.296. The Kier molecular flexibility index (Phi) is 7.24. The fourth-order valence-corrected chi connectivity index (χ4v) is 4.24. The summed E-state index contributed by atoms with van der Waals surface area (Å²) in [5, 5.41) is 0. The first-order chi connectivity index (χ1) is 14.1. The lowest BCUT2D eigenvalue weighted by Crippen LogP contribution is -2.51. The highest BCUT2D eigenvalue weighted by molar-refractivity contribution is 5.86. The van der Waals surface area contributed by atoms with Crippen LogP contribution < -0.4 is 0 Å². The van der Waals surface area contributed by atoms with Crippen LogP contribution in [-0.2, 0) is 17.6 Å². The van der Waals surface area contributed by atoms with Gasteiger partial charge in [0.05, 0.1) is 0 Å². The summed E-state index contributed by atoms with van der Waals surface area (Å²) in [7, 11) is 0. The molecule has 0 bridgehead atoms. The summed E-state index contributed by atoms with van der Waals surface area (Å²) in [6.45, 7) is 5.95. The standard InChI is InChI=1S/C27H31NO/c1-23-13-9-10-22-28(23)27(24(2)29,20-11-18-25-14-5-3-6-15-25)21-12-19-26-16-7-4-8-17-26/h3-10,13-17,22H,1,11-12,18-21H2,2H3. The Labute approximate surface area is 175 Å². The van der Waals surface area contributed by atoms with E-state index in [0.717, 1.165) is 44.2 Å². The van der Waals surface area contributed by atoms with Crippen molar-refractivity contribution in [2.45, 2.75) is 51.0 Å². The number of aryl methyl sites for hydroxylation is 2. The van der Waals surface area contributed by atoms with Gasteiger partial charge in [-0.1, -0.05) is 73.3 Å². The van der Waals surface area contributed by atoms with Gasteiger partial charge in [0.1, 0.15) is 5.54 Å². The number of carbonyl (C=O) groups is 1. The summed E-state index contributed by atoms with van der Waals surface area (Å²) in [5.74, 6) is 0.222. The van der Waals surface area contributed by atoms with E-state index in [1.54, 1.807) is 6.92 Å². The van der Waals surface area contributed by atoms with E-state index in [1.807, 2.05) is 36.6 Å². The number of hydrogen-bond donors (Lipinski definition) is 0. The van der Waals surface area contributed by atoms with Crippen LogP contribution in [0.2, 0.25) is 0 Å². The van der Waals surface area contributed by atoms with Crippen molar-refractivity contribution in [1.29, 1.82) is 0 Å². The number of benzene rings is 2. The Morgan fingerprint density at radius 2 is 1.38 bits per heavy atom. The Morgan fingerprint density at radius 3 is 1.83 bits per heavy atom. The molecule has 150 valence electrons. The molecule has 0 N–H and O–H groups in total. The Morgan fingerprint density at radius 1 is 0.862 bits per heavy atom. The van der Waals surface area contributed by atoms with Gasteiger partial charge in [-0.2, -0.15) is 0 Å². The van der Waals surface area contributed by atoms with Crippen LogP contribution in [0.5, 0.6) is 0 Å². The Hall–Kier alpha value is -2.87. The molecule has 1 heterocycles. The van der Waals surface area contributed by atoms with Crippen LogP contribution in [0.25, 0.3) is 0 Å². The van der Waals surface area contributed by atoms with Gasteiger partial charge in [0.2, 0.25) is 0 Å². The largest absolute Gasteiger partial charge is 0.335 e. The van der Waals surface area contributed by atoms with Gasteiger partial charge in [0, 0.05) is 11.9 Å². The molecule has 1 aliphatic heterocycles. The first-order valence-electron chi connectivity index (χ1n) is 10.5. The number of nitrogens with zero attached hydrogens (tertiary/aromatic N) is 1. The van der Waals surface area contributed by atoms with Gasteiger partial charge in [-0.3, -0.25) is 4.79 Å². The van der Waals surface area contributed by atoms with Gasteiger partial charge in [-0.25, -0.2) is 0 Å². The maximum Gasteiger partial charge on any atom is 0.155 e. The molecule has 0 saturated heterocycles. The number of rotatable bonds is 10. The van der Waals surface area contributed by atoms with Crippen LogP contribution in [0.1, 0.15) is 43.7 Å². The van der Waals surface area contributed by atoms with Gasteiger partial charge >= 0.3 is 0 Å². The zero-order valence-corrected chi connectivity index (χ0v) is 17.4. The molecule has 0 unspecified atom stereocenters. The summed E-state index contributed by atoms with van der Waals surface area (Å²) in [5.41, 5.74) is 2.99. The predicted octanol–water partition coefficient (Wildman–Crippen LogP) is 6.26. The second kappa shape index (κ2) is 10.1. The minimum atomic E-state index is -0.540. The zero-order chi connectivity index (χ0) is 20.5. The lowest BCUT2D eigenvalue weighted by atomic mass is 9.80. The second-order valence-corrected chi connectivity index (χ2v) is 7.83. The number of hydrogen-bond acceptors (Lipinski definition) is 2. The third kappa shape index (κ3) is 5.35. The van der Waals surface area contributed by atoms with Gasteiger partial charge in [0.15, 0.2) is 5.78 Å². The summed E-state index contributed by atoms with van der Waals surface area (Å²) in [6.07, 6.45) is 13.5.